The number of likely N-dealkylation sites (tertiary alicyclic amines) is 1. The summed E-state index contributed by atoms with van der Waals surface area (Å²) in [6.45, 7) is 3.16. The summed E-state index contributed by atoms with van der Waals surface area (Å²) in [5.41, 5.74) is 6.31. The van der Waals surface area contributed by atoms with Crippen molar-refractivity contribution in [1.82, 2.24) is 4.90 Å². The van der Waals surface area contributed by atoms with E-state index in [1.54, 1.807) is 7.11 Å². The van der Waals surface area contributed by atoms with Crippen molar-refractivity contribution in [3.05, 3.63) is 0 Å². The van der Waals surface area contributed by atoms with Gasteiger partial charge >= 0.3 is 0 Å². The summed E-state index contributed by atoms with van der Waals surface area (Å²) < 4.78 is 10.9. The minimum Gasteiger partial charge on any atom is -0.385 e. The second kappa shape index (κ2) is 8.65. The molecule has 1 aliphatic heterocycles. The first-order valence-electron chi connectivity index (χ1n) is 8.85. The summed E-state index contributed by atoms with van der Waals surface area (Å²) in [7, 11) is 1.71. The van der Waals surface area contributed by atoms with Gasteiger partial charge in [-0.2, -0.15) is 0 Å². The van der Waals surface area contributed by atoms with E-state index in [1.807, 2.05) is 4.90 Å². The van der Waals surface area contributed by atoms with Gasteiger partial charge in [-0.15, -0.1) is 12.4 Å². The Morgan fingerprint density at radius 1 is 1.13 bits per heavy atom. The van der Waals surface area contributed by atoms with E-state index in [0.717, 1.165) is 45.6 Å². The van der Waals surface area contributed by atoms with Gasteiger partial charge in [-0.1, -0.05) is 0 Å². The fourth-order valence-corrected chi connectivity index (χ4v) is 4.61. The van der Waals surface area contributed by atoms with E-state index in [2.05, 4.69) is 0 Å². The number of halogens is 1. The number of amides is 1. The maximum Gasteiger partial charge on any atom is 0.227 e. The number of hydrogen-bond donors (Lipinski definition) is 1. The smallest absolute Gasteiger partial charge is 0.227 e. The predicted molar refractivity (Wildman–Crippen MR) is 91.6 cm³/mol. The number of nitrogens with two attached hydrogens (primary N) is 1. The van der Waals surface area contributed by atoms with Crippen LogP contribution in [-0.2, 0) is 14.3 Å². The molecule has 2 aliphatic carbocycles. The summed E-state index contributed by atoms with van der Waals surface area (Å²) in [4.78, 5) is 14.8. The maximum atomic E-state index is 12.8. The van der Waals surface area contributed by atoms with Crippen molar-refractivity contribution in [3.8, 4) is 0 Å². The number of hydrogen-bond acceptors (Lipinski definition) is 4. The van der Waals surface area contributed by atoms with Crippen molar-refractivity contribution < 1.29 is 14.3 Å². The van der Waals surface area contributed by atoms with Crippen LogP contribution in [0.5, 0.6) is 0 Å². The van der Waals surface area contributed by atoms with Gasteiger partial charge in [0.2, 0.25) is 5.91 Å². The second-order valence-electron chi connectivity index (χ2n) is 7.18. The van der Waals surface area contributed by atoms with Gasteiger partial charge in [0.1, 0.15) is 0 Å². The van der Waals surface area contributed by atoms with Crippen LogP contribution >= 0.6 is 12.4 Å². The standard InChI is InChI=1S/C17H30N2O3.ClH/c1-21-9-2-10-22-14-5-7-19(8-6-14)17(20)15-12-3-4-13(11-12)16(15)18;/h12-16H,2-11,18H2,1H3;1H. The summed E-state index contributed by atoms with van der Waals surface area (Å²) in [5, 5.41) is 0. The summed E-state index contributed by atoms with van der Waals surface area (Å²) >= 11 is 0. The quantitative estimate of drug-likeness (QED) is 0.745. The number of rotatable bonds is 6. The third-order valence-electron chi connectivity index (χ3n) is 5.87. The summed E-state index contributed by atoms with van der Waals surface area (Å²) in [6.07, 6.45) is 6.76. The Kier molecular flexibility index (Phi) is 7.14. The van der Waals surface area contributed by atoms with Gasteiger partial charge in [0.05, 0.1) is 12.0 Å². The predicted octanol–water partition coefficient (Wildman–Crippen LogP) is 1.83. The number of methoxy groups -OCH3 is 1. The summed E-state index contributed by atoms with van der Waals surface area (Å²) in [6, 6.07) is 0.106. The van der Waals surface area contributed by atoms with E-state index in [1.165, 1.54) is 19.3 Å². The zero-order valence-electron chi connectivity index (χ0n) is 14.1. The third kappa shape index (κ3) is 4.19. The molecule has 1 amide bonds. The van der Waals surface area contributed by atoms with E-state index in [0.29, 0.717) is 23.8 Å². The van der Waals surface area contributed by atoms with Crippen LogP contribution in [0.15, 0.2) is 0 Å². The van der Waals surface area contributed by atoms with Gasteiger partial charge in [-0.05, 0) is 50.4 Å². The molecule has 4 unspecified atom stereocenters. The first-order chi connectivity index (χ1) is 10.7. The van der Waals surface area contributed by atoms with E-state index in [-0.39, 0.29) is 24.4 Å². The van der Waals surface area contributed by atoms with Crippen LogP contribution < -0.4 is 5.73 Å². The average molecular weight is 347 g/mol. The molecule has 1 heterocycles. The molecular weight excluding hydrogens is 316 g/mol. The molecule has 0 radical (unpaired) electrons. The van der Waals surface area contributed by atoms with Crippen molar-refractivity contribution in [2.75, 3.05) is 33.4 Å². The molecule has 0 spiro atoms. The zero-order valence-corrected chi connectivity index (χ0v) is 14.9. The monoisotopic (exact) mass is 346 g/mol. The number of ether oxygens (including phenoxy) is 2. The molecule has 134 valence electrons. The topological polar surface area (TPSA) is 64.8 Å². The van der Waals surface area contributed by atoms with E-state index < -0.39 is 0 Å². The zero-order chi connectivity index (χ0) is 15.5. The van der Waals surface area contributed by atoms with Gasteiger partial charge in [0.15, 0.2) is 0 Å². The van der Waals surface area contributed by atoms with Crippen LogP contribution in [0.25, 0.3) is 0 Å². The molecule has 2 saturated carbocycles. The molecule has 3 rings (SSSR count). The molecule has 0 aromatic heterocycles. The number of nitrogens with zero attached hydrogens (tertiary/aromatic N) is 1. The first kappa shape index (κ1) is 19.0. The Labute approximate surface area is 145 Å². The lowest BCUT2D eigenvalue weighted by Crippen LogP contribution is -2.50. The Morgan fingerprint density at radius 3 is 2.43 bits per heavy atom. The number of carbonyl (C=O) groups excluding carboxylic acids is 1. The first-order valence-corrected chi connectivity index (χ1v) is 8.85. The van der Waals surface area contributed by atoms with Gasteiger partial charge in [0.25, 0.3) is 0 Å². The molecule has 1 saturated heterocycles. The van der Waals surface area contributed by atoms with Gasteiger partial charge < -0.3 is 20.1 Å². The Balaban J connectivity index is 0.00000192. The highest BCUT2D eigenvalue weighted by Crippen LogP contribution is 2.48. The van der Waals surface area contributed by atoms with Crippen molar-refractivity contribution >= 4 is 18.3 Å². The third-order valence-corrected chi connectivity index (χ3v) is 5.87. The van der Waals surface area contributed by atoms with Crippen LogP contribution in [0.4, 0.5) is 0 Å². The lowest BCUT2D eigenvalue weighted by molar-refractivity contribution is -0.140. The van der Waals surface area contributed by atoms with Crippen LogP contribution in [0.2, 0.25) is 0 Å². The van der Waals surface area contributed by atoms with E-state index in [9.17, 15) is 4.79 Å². The molecule has 4 atom stereocenters. The number of fused-ring (bicyclic) bond motifs is 2. The minimum absolute atomic E-state index is 0. The molecule has 0 aromatic rings. The highest BCUT2D eigenvalue weighted by Gasteiger charge is 2.50. The van der Waals surface area contributed by atoms with Crippen LogP contribution in [0.1, 0.15) is 38.5 Å². The van der Waals surface area contributed by atoms with Crippen molar-refractivity contribution in [1.29, 1.82) is 0 Å². The molecule has 0 aromatic carbocycles. The van der Waals surface area contributed by atoms with Gasteiger partial charge in [0, 0.05) is 39.5 Å². The average Bonchev–Trinajstić information content (AvgIpc) is 3.13. The van der Waals surface area contributed by atoms with Crippen LogP contribution in [0, 0.1) is 17.8 Å². The largest absolute Gasteiger partial charge is 0.385 e. The number of piperidine rings is 1. The molecule has 3 fully saturated rings. The molecule has 2 N–H and O–H groups in total. The molecule has 6 heteroatoms. The minimum atomic E-state index is 0. The highest BCUT2D eigenvalue weighted by molar-refractivity contribution is 5.85. The fraction of sp³-hybridized carbons (Fsp3) is 0.941. The molecule has 5 nitrogen and oxygen atoms in total. The van der Waals surface area contributed by atoms with Crippen molar-refractivity contribution in [2.45, 2.75) is 50.7 Å². The summed E-state index contributed by atoms with van der Waals surface area (Å²) in [5.74, 6) is 1.56. The SMILES string of the molecule is COCCCOC1CCN(C(=O)C2C3CCC(C3)C2N)CC1.Cl. The molecule has 2 bridgehead atoms. The van der Waals surface area contributed by atoms with Crippen molar-refractivity contribution in [3.63, 3.8) is 0 Å². The van der Waals surface area contributed by atoms with Crippen LogP contribution in [-0.4, -0.2) is 56.4 Å². The molecule has 23 heavy (non-hydrogen) atoms. The lowest BCUT2D eigenvalue weighted by atomic mass is 9.83. The van der Waals surface area contributed by atoms with Gasteiger partial charge in [-0.3, -0.25) is 4.79 Å². The van der Waals surface area contributed by atoms with Crippen molar-refractivity contribution in [2.24, 2.45) is 23.5 Å². The van der Waals surface area contributed by atoms with E-state index in [4.69, 9.17) is 15.2 Å². The Hall–Kier alpha value is -0.360. The molecule has 3 aliphatic rings. The Morgan fingerprint density at radius 2 is 1.83 bits per heavy atom. The highest BCUT2D eigenvalue weighted by atomic mass is 35.5. The van der Waals surface area contributed by atoms with Crippen LogP contribution in [0.3, 0.4) is 0 Å². The maximum absolute atomic E-state index is 12.8. The lowest BCUT2D eigenvalue weighted by Gasteiger charge is -2.37. The number of carbonyl (C=O) groups is 1. The fourth-order valence-electron chi connectivity index (χ4n) is 4.61. The second-order valence-corrected chi connectivity index (χ2v) is 7.18. The normalized spacial score (nSPS) is 33.7. The van der Waals surface area contributed by atoms with E-state index >= 15 is 0 Å². The van der Waals surface area contributed by atoms with Gasteiger partial charge in [-0.25, -0.2) is 0 Å². The molecular formula is C17H31ClN2O3. The Bertz CT molecular complexity index is 386.